The zero-order chi connectivity index (χ0) is 15.2. The van der Waals surface area contributed by atoms with E-state index < -0.39 is 0 Å². The third-order valence-electron chi connectivity index (χ3n) is 4.12. The Balaban J connectivity index is 2.05. The van der Waals surface area contributed by atoms with Gasteiger partial charge in [-0.25, -0.2) is 0 Å². The molecule has 5 nitrogen and oxygen atoms in total. The van der Waals surface area contributed by atoms with Gasteiger partial charge >= 0.3 is 0 Å². The highest BCUT2D eigenvalue weighted by atomic mass is 16.5. The molecule has 0 radical (unpaired) electrons. The van der Waals surface area contributed by atoms with Crippen molar-refractivity contribution in [3.8, 4) is 5.75 Å². The van der Waals surface area contributed by atoms with E-state index in [0.717, 1.165) is 19.0 Å². The Bertz CT molecular complexity index is 502. The predicted molar refractivity (Wildman–Crippen MR) is 83.8 cm³/mol. The normalized spacial score (nSPS) is 19.9. The maximum atomic E-state index is 8.79. The second kappa shape index (κ2) is 7.31. The van der Waals surface area contributed by atoms with Gasteiger partial charge in [0.15, 0.2) is 5.84 Å². The highest BCUT2D eigenvalue weighted by Gasteiger charge is 2.21. The molecule has 0 saturated carbocycles. The smallest absolute Gasteiger partial charge is 0.173 e. The summed E-state index contributed by atoms with van der Waals surface area (Å²) in [6.45, 7) is 5.51. The Hall–Kier alpha value is -1.75. The van der Waals surface area contributed by atoms with Crippen molar-refractivity contribution < 1.29 is 9.94 Å². The molecule has 0 bridgehead atoms. The van der Waals surface area contributed by atoms with Crippen LogP contribution >= 0.6 is 0 Å². The summed E-state index contributed by atoms with van der Waals surface area (Å²) < 4.78 is 5.34. The number of ether oxygens (including phenoxy) is 1. The van der Waals surface area contributed by atoms with Crippen molar-refractivity contribution in [3.05, 3.63) is 29.3 Å². The number of benzene rings is 1. The third-order valence-corrected chi connectivity index (χ3v) is 4.12. The first-order valence-corrected chi connectivity index (χ1v) is 7.55. The van der Waals surface area contributed by atoms with Crippen molar-refractivity contribution in [1.29, 1.82) is 0 Å². The van der Waals surface area contributed by atoms with Crippen molar-refractivity contribution in [3.63, 3.8) is 0 Å². The van der Waals surface area contributed by atoms with E-state index in [1.807, 2.05) is 18.2 Å². The standard InChI is InChI=1S/C16H25N3O2/c1-3-4-12-7-8-19(10-12)11-13-5-6-14(16(17)18-20)15(9-13)21-2/h5-6,9,12,20H,3-4,7-8,10-11H2,1-2H3,(H2,17,18). The summed E-state index contributed by atoms with van der Waals surface area (Å²) in [5, 5.41) is 11.8. The lowest BCUT2D eigenvalue weighted by molar-refractivity contribution is 0.312. The summed E-state index contributed by atoms with van der Waals surface area (Å²) in [5.41, 5.74) is 7.46. The minimum Gasteiger partial charge on any atom is -0.496 e. The first kappa shape index (κ1) is 15.6. The van der Waals surface area contributed by atoms with Crippen LogP contribution in [0.15, 0.2) is 23.4 Å². The van der Waals surface area contributed by atoms with E-state index in [4.69, 9.17) is 15.7 Å². The van der Waals surface area contributed by atoms with Crippen LogP contribution in [0.25, 0.3) is 0 Å². The number of hydrogen-bond donors (Lipinski definition) is 2. The molecular formula is C16H25N3O2. The average molecular weight is 291 g/mol. The minimum atomic E-state index is 0.0718. The van der Waals surface area contributed by atoms with Crippen molar-refractivity contribution in [2.75, 3.05) is 20.2 Å². The van der Waals surface area contributed by atoms with E-state index >= 15 is 0 Å². The van der Waals surface area contributed by atoms with Gasteiger partial charge in [-0.1, -0.05) is 24.6 Å². The molecule has 1 aromatic carbocycles. The summed E-state index contributed by atoms with van der Waals surface area (Å²) in [7, 11) is 1.60. The molecule has 0 amide bonds. The number of oxime groups is 1. The fourth-order valence-corrected chi connectivity index (χ4v) is 3.06. The van der Waals surface area contributed by atoms with E-state index in [0.29, 0.717) is 11.3 Å². The molecule has 1 aliphatic heterocycles. The van der Waals surface area contributed by atoms with Gasteiger partial charge in [-0.2, -0.15) is 0 Å². The van der Waals surface area contributed by atoms with E-state index in [-0.39, 0.29) is 5.84 Å². The second-order valence-electron chi connectivity index (χ2n) is 5.70. The second-order valence-corrected chi connectivity index (χ2v) is 5.70. The molecule has 1 fully saturated rings. The molecule has 5 heteroatoms. The molecule has 0 aliphatic carbocycles. The lowest BCUT2D eigenvalue weighted by atomic mass is 10.0. The fraction of sp³-hybridized carbons (Fsp3) is 0.562. The number of hydrogen-bond acceptors (Lipinski definition) is 4. The summed E-state index contributed by atoms with van der Waals surface area (Å²) >= 11 is 0. The maximum absolute atomic E-state index is 8.79. The van der Waals surface area contributed by atoms with Crippen molar-refractivity contribution in [1.82, 2.24) is 4.90 Å². The topological polar surface area (TPSA) is 71.1 Å². The van der Waals surface area contributed by atoms with E-state index in [9.17, 15) is 0 Å². The van der Waals surface area contributed by atoms with Gasteiger partial charge in [0.2, 0.25) is 0 Å². The molecular weight excluding hydrogens is 266 g/mol. The Morgan fingerprint density at radius 2 is 2.33 bits per heavy atom. The van der Waals surface area contributed by atoms with Gasteiger partial charge in [-0.15, -0.1) is 0 Å². The molecule has 2 rings (SSSR count). The summed E-state index contributed by atoms with van der Waals surface area (Å²) in [6.07, 6.45) is 3.89. The molecule has 1 unspecified atom stereocenters. The van der Waals surface area contributed by atoms with Crippen LogP contribution in [0.1, 0.15) is 37.3 Å². The first-order valence-electron chi connectivity index (χ1n) is 7.55. The zero-order valence-electron chi connectivity index (χ0n) is 12.9. The van der Waals surface area contributed by atoms with Gasteiger partial charge in [0, 0.05) is 13.1 Å². The molecule has 1 heterocycles. The summed E-state index contributed by atoms with van der Waals surface area (Å²) in [5.74, 6) is 1.56. The van der Waals surface area contributed by atoms with Crippen molar-refractivity contribution in [2.45, 2.75) is 32.7 Å². The Morgan fingerprint density at radius 3 is 3.00 bits per heavy atom. The molecule has 1 saturated heterocycles. The summed E-state index contributed by atoms with van der Waals surface area (Å²) in [4.78, 5) is 2.48. The van der Waals surface area contributed by atoms with Gasteiger partial charge in [0.05, 0.1) is 12.7 Å². The number of nitrogens with zero attached hydrogens (tertiary/aromatic N) is 2. The van der Waals surface area contributed by atoms with Crippen LogP contribution < -0.4 is 10.5 Å². The maximum Gasteiger partial charge on any atom is 0.173 e. The van der Waals surface area contributed by atoms with E-state index in [1.165, 1.54) is 31.4 Å². The summed E-state index contributed by atoms with van der Waals surface area (Å²) in [6, 6.07) is 5.84. The molecule has 3 N–H and O–H groups in total. The van der Waals surface area contributed by atoms with Gasteiger partial charge in [-0.05, 0) is 43.0 Å². The number of likely N-dealkylation sites (tertiary alicyclic amines) is 1. The molecule has 116 valence electrons. The number of nitrogens with two attached hydrogens (primary N) is 1. The third kappa shape index (κ3) is 3.88. The largest absolute Gasteiger partial charge is 0.496 e. The molecule has 0 aromatic heterocycles. The van der Waals surface area contributed by atoms with Crippen LogP contribution in [0.2, 0.25) is 0 Å². The lowest BCUT2D eigenvalue weighted by Gasteiger charge is -2.17. The molecule has 1 aromatic rings. The zero-order valence-corrected chi connectivity index (χ0v) is 12.9. The molecule has 1 atom stereocenters. The monoisotopic (exact) mass is 291 g/mol. The number of rotatable bonds is 6. The van der Waals surface area contributed by atoms with Crippen LogP contribution in [0.4, 0.5) is 0 Å². The number of amidine groups is 1. The van der Waals surface area contributed by atoms with Gasteiger partial charge < -0.3 is 15.7 Å². The van der Waals surface area contributed by atoms with E-state index in [2.05, 4.69) is 17.0 Å². The minimum absolute atomic E-state index is 0.0718. The Labute approximate surface area is 126 Å². The Morgan fingerprint density at radius 1 is 1.52 bits per heavy atom. The lowest BCUT2D eigenvalue weighted by Crippen LogP contribution is -2.20. The van der Waals surface area contributed by atoms with Crippen molar-refractivity contribution in [2.24, 2.45) is 16.8 Å². The highest BCUT2D eigenvalue weighted by molar-refractivity contribution is 5.99. The predicted octanol–water partition coefficient (Wildman–Crippen LogP) is 2.41. The average Bonchev–Trinajstić information content (AvgIpc) is 2.94. The van der Waals surface area contributed by atoms with Crippen LogP contribution in [0.5, 0.6) is 5.75 Å². The van der Waals surface area contributed by atoms with Crippen LogP contribution in [0.3, 0.4) is 0 Å². The van der Waals surface area contributed by atoms with Gasteiger partial charge in [-0.3, -0.25) is 4.90 Å². The first-order chi connectivity index (χ1) is 10.2. The molecule has 0 spiro atoms. The van der Waals surface area contributed by atoms with Crippen LogP contribution in [0, 0.1) is 5.92 Å². The van der Waals surface area contributed by atoms with Gasteiger partial charge in [0.25, 0.3) is 0 Å². The fourth-order valence-electron chi connectivity index (χ4n) is 3.06. The van der Waals surface area contributed by atoms with Crippen LogP contribution in [-0.2, 0) is 6.54 Å². The SMILES string of the molecule is CCCC1CCN(Cc2ccc(/C(N)=N/O)c(OC)c2)C1. The molecule has 21 heavy (non-hydrogen) atoms. The quantitative estimate of drug-likeness (QED) is 0.365. The van der Waals surface area contributed by atoms with Crippen LogP contribution in [-0.4, -0.2) is 36.1 Å². The highest BCUT2D eigenvalue weighted by Crippen LogP contribution is 2.25. The van der Waals surface area contributed by atoms with Gasteiger partial charge in [0.1, 0.15) is 5.75 Å². The number of methoxy groups -OCH3 is 1. The Kier molecular flexibility index (Phi) is 5.44. The van der Waals surface area contributed by atoms with Crippen molar-refractivity contribution >= 4 is 5.84 Å². The molecule has 1 aliphatic rings. The van der Waals surface area contributed by atoms with E-state index in [1.54, 1.807) is 7.11 Å².